The van der Waals surface area contributed by atoms with Gasteiger partial charge in [0, 0.05) is 55.8 Å². The number of aromatic nitrogens is 1. The van der Waals surface area contributed by atoms with Crippen LogP contribution >= 0.6 is 0 Å². The summed E-state index contributed by atoms with van der Waals surface area (Å²) in [5.74, 6) is 2.32. The first-order valence-electron chi connectivity index (χ1n) is 9.85. The van der Waals surface area contributed by atoms with Crippen LogP contribution < -0.4 is 10.1 Å². The van der Waals surface area contributed by atoms with Gasteiger partial charge in [-0.3, -0.25) is 4.99 Å². The molecule has 4 rings (SSSR count). The molecule has 0 spiro atoms. The van der Waals surface area contributed by atoms with Gasteiger partial charge >= 0.3 is 0 Å². The van der Waals surface area contributed by atoms with E-state index in [4.69, 9.17) is 14.5 Å². The Morgan fingerprint density at radius 1 is 1.42 bits per heavy atom. The number of aliphatic imine (C=N–C) groups is 1. The Morgan fingerprint density at radius 2 is 2.31 bits per heavy atom. The summed E-state index contributed by atoms with van der Waals surface area (Å²) in [4.78, 5) is 11.4. The summed E-state index contributed by atoms with van der Waals surface area (Å²) in [5, 5.41) is 3.77. The third-order valence-electron chi connectivity index (χ3n) is 6.06. The zero-order valence-electron chi connectivity index (χ0n) is 16.0. The van der Waals surface area contributed by atoms with E-state index < -0.39 is 0 Å². The normalized spacial score (nSPS) is 32.9. The Hall–Kier alpha value is -1.82. The van der Waals surface area contributed by atoms with E-state index >= 15 is 0 Å². The molecule has 1 aromatic rings. The molecule has 1 aromatic heterocycles. The van der Waals surface area contributed by atoms with Crippen LogP contribution in [0.15, 0.2) is 29.4 Å². The average Bonchev–Trinajstić information content (AvgIpc) is 3.28. The second-order valence-electron chi connectivity index (χ2n) is 8.13. The minimum Gasteiger partial charge on any atom is -0.472 e. The van der Waals surface area contributed by atoms with E-state index in [9.17, 15) is 0 Å². The van der Waals surface area contributed by atoms with Crippen molar-refractivity contribution in [3.8, 4) is 5.88 Å². The number of hydrogen-bond donors (Lipinski definition) is 1. The molecule has 6 heteroatoms. The fraction of sp³-hybridized carbons (Fsp3) is 0.700. The minimum atomic E-state index is 0.152. The quantitative estimate of drug-likeness (QED) is 0.661. The van der Waals surface area contributed by atoms with Gasteiger partial charge in [0.1, 0.15) is 6.10 Å². The number of guanidine groups is 1. The number of rotatable bonds is 4. The molecule has 3 aliphatic rings. The van der Waals surface area contributed by atoms with Gasteiger partial charge in [-0.05, 0) is 19.4 Å². The van der Waals surface area contributed by atoms with Gasteiger partial charge in [-0.2, -0.15) is 0 Å². The van der Waals surface area contributed by atoms with E-state index in [0.717, 1.165) is 45.0 Å². The molecule has 1 saturated carbocycles. The molecule has 2 aliphatic heterocycles. The number of nitrogens with one attached hydrogen (secondary N) is 1. The van der Waals surface area contributed by atoms with E-state index in [0.29, 0.717) is 23.9 Å². The third kappa shape index (κ3) is 3.15. The van der Waals surface area contributed by atoms with Gasteiger partial charge in [0.05, 0.1) is 12.6 Å². The molecule has 142 valence electrons. The van der Waals surface area contributed by atoms with Gasteiger partial charge in [-0.25, -0.2) is 4.98 Å². The monoisotopic (exact) mass is 358 g/mol. The van der Waals surface area contributed by atoms with Crippen LogP contribution in [0.3, 0.4) is 0 Å². The van der Waals surface area contributed by atoms with Crippen LogP contribution in [-0.4, -0.2) is 60.3 Å². The second kappa shape index (κ2) is 7.06. The standard InChI is InChI=1S/C20H30N4O2/c1-4-21-19(23-17-15-9-12-25-18(15)20(17,2)3)24-11-8-14(13-24)26-16-7-5-6-10-22-16/h5-7,10,14-15,17-18H,4,8-9,11-13H2,1-3H3,(H,21,23). The highest BCUT2D eigenvalue weighted by Crippen LogP contribution is 2.52. The molecular formula is C20H30N4O2. The first-order valence-corrected chi connectivity index (χ1v) is 9.85. The zero-order chi connectivity index (χ0) is 18.1. The summed E-state index contributed by atoms with van der Waals surface area (Å²) >= 11 is 0. The van der Waals surface area contributed by atoms with Crippen molar-refractivity contribution in [1.82, 2.24) is 15.2 Å². The number of nitrogens with zero attached hydrogens (tertiary/aromatic N) is 3. The Morgan fingerprint density at radius 3 is 3.08 bits per heavy atom. The smallest absolute Gasteiger partial charge is 0.213 e. The molecule has 1 aliphatic carbocycles. The van der Waals surface area contributed by atoms with Crippen LogP contribution in [0.1, 0.15) is 33.6 Å². The molecule has 0 amide bonds. The summed E-state index contributed by atoms with van der Waals surface area (Å²) in [7, 11) is 0. The summed E-state index contributed by atoms with van der Waals surface area (Å²) in [6, 6.07) is 6.21. The van der Waals surface area contributed by atoms with Crippen molar-refractivity contribution in [3.63, 3.8) is 0 Å². The SMILES string of the molecule is CCN=C(NC1C2CCOC2C1(C)C)N1CCC(Oc2ccccn2)C1. The van der Waals surface area contributed by atoms with E-state index in [1.165, 1.54) is 0 Å². The largest absolute Gasteiger partial charge is 0.472 e. The van der Waals surface area contributed by atoms with Crippen LogP contribution in [0, 0.1) is 11.3 Å². The van der Waals surface area contributed by atoms with E-state index in [1.807, 2.05) is 18.2 Å². The van der Waals surface area contributed by atoms with E-state index in [1.54, 1.807) is 6.20 Å². The van der Waals surface area contributed by atoms with Crippen molar-refractivity contribution in [3.05, 3.63) is 24.4 Å². The maximum Gasteiger partial charge on any atom is 0.213 e. The van der Waals surface area contributed by atoms with Crippen LogP contribution in [0.2, 0.25) is 0 Å². The maximum absolute atomic E-state index is 6.03. The molecule has 0 radical (unpaired) electrons. The number of ether oxygens (including phenoxy) is 2. The summed E-state index contributed by atoms with van der Waals surface area (Å²) in [6.45, 7) is 10.2. The highest BCUT2D eigenvalue weighted by atomic mass is 16.5. The molecule has 3 heterocycles. The zero-order valence-corrected chi connectivity index (χ0v) is 16.0. The van der Waals surface area contributed by atoms with Gasteiger partial charge < -0.3 is 19.7 Å². The second-order valence-corrected chi connectivity index (χ2v) is 8.13. The van der Waals surface area contributed by atoms with Crippen molar-refractivity contribution in [2.45, 2.75) is 51.9 Å². The Balaban J connectivity index is 1.39. The molecule has 2 saturated heterocycles. The van der Waals surface area contributed by atoms with Gasteiger partial charge in [-0.1, -0.05) is 19.9 Å². The lowest BCUT2D eigenvalue weighted by Crippen LogP contribution is -2.68. The highest BCUT2D eigenvalue weighted by Gasteiger charge is 2.59. The van der Waals surface area contributed by atoms with Crippen LogP contribution in [0.25, 0.3) is 0 Å². The summed E-state index contributed by atoms with van der Waals surface area (Å²) < 4.78 is 12.0. The maximum atomic E-state index is 6.03. The average molecular weight is 358 g/mol. The molecule has 6 nitrogen and oxygen atoms in total. The van der Waals surface area contributed by atoms with Crippen molar-refractivity contribution in [2.75, 3.05) is 26.2 Å². The number of hydrogen-bond acceptors (Lipinski definition) is 4. The predicted molar refractivity (Wildman–Crippen MR) is 101 cm³/mol. The highest BCUT2D eigenvalue weighted by molar-refractivity contribution is 5.81. The van der Waals surface area contributed by atoms with E-state index in [-0.39, 0.29) is 11.5 Å². The van der Waals surface area contributed by atoms with Crippen molar-refractivity contribution >= 4 is 5.96 Å². The van der Waals surface area contributed by atoms with Gasteiger partial charge in [0.25, 0.3) is 0 Å². The predicted octanol–water partition coefficient (Wildman–Crippen LogP) is 2.31. The minimum absolute atomic E-state index is 0.152. The van der Waals surface area contributed by atoms with Gasteiger partial charge in [0.15, 0.2) is 5.96 Å². The Kier molecular flexibility index (Phi) is 4.78. The van der Waals surface area contributed by atoms with Crippen molar-refractivity contribution in [1.29, 1.82) is 0 Å². The molecule has 0 bridgehead atoms. The lowest BCUT2D eigenvalue weighted by molar-refractivity contribution is -0.107. The molecule has 26 heavy (non-hydrogen) atoms. The topological polar surface area (TPSA) is 59.0 Å². The fourth-order valence-electron chi connectivity index (χ4n) is 4.75. The molecule has 0 aromatic carbocycles. The first kappa shape index (κ1) is 17.6. The van der Waals surface area contributed by atoms with E-state index in [2.05, 4.69) is 36.0 Å². The van der Waals surface area contributed by atoms with Crippen molar-refractivity contribution < 1.29 is 9.47 Å². The number of pyridine rings is 1. The molecule has 4 unspecified atom stereocenters. The van der Waals surface area contributed by atoms with Gasteiger partial charge in [0.2, 0.25) is 5.88 Å². The lowest BCUT2D eigenvalue weighted by atomic mass is 9.57. The molecular weight excluding hydrogens is 328 g/mol. The lowest BCUT2D eigenvalue weighted by Gasteiger charge is -2.55. The Bertz CT molecular complexity index is 648. The van der Waals surface area contributed by atoms with Crippen molar-refractivity contribution in [2.24, 2.45) is 16.3 Å². The van der Waals surface area contributed by atoms with Crippen LogP contribution in [0.4, 0.5) is 0 Å². The van der Waals surface area contributed by atoms with Gasteiger partial charge in [-0.15, -0.1) is 0 Å². The van der Waals surface area contributed by atoms with Crippen LogP contribution in [0.5, 0.6) is 5.88 Å². The molecule has 4 atom stereocenters. The molecule has 3 fully saturated rings. The number of likely N-dealkylation sites (tertiary alicyclic amines) is 1. The fourth-order valence-corrected chi connectivity index (χ4v) is 4.75. The Labute approximate surface area is 156 Å². The molecule has 1 N–H and O–H groups in total. The number of fused-ring (bicyclic) bond motifs is 1. The summed E-state index contributed by atoms with van der Waals surface area (Å²) in [6.07, 6.45) is 4.46. The third-order valence-corrected chi connectivity index (χ3v) is 6.06. The van der Waals surface area contributed by atoms with Crippen LogP contribution in [-0.2, 0) is 4.74 Å². The first-order chi connectivity index (χ1) is 12.6. The summed E-state index contributed by atoms with van der Waals surface area (Å²) in [5.41, 5.74) is 0.152.